The lowest BCUT2D eigenvalue weighted by Gasteiger charge is -2.12. The van der Waals surface area contributed by atoms with Crippen LogP contribution in [0.3, 0.4) is 0 Å². The number of fused-ring (bicyclic) bond motifs is 9. The van der Waals surface area contributed by atoms with Crippen LogP contribution in [0.5, 0.6) is 0 Å². The first kappa shape index (κ1) is 38.8. The lowest BCUT2D eigenvalue weighted by Crippen LogP contribution is -2.01. The fourth-order valence-electron chi connectivity index (χ4n) is 10.3. The van der Waals surface area contributed by atoms with Gasteiger partial charge in [-0.15, -0.1) is 0 Å². The SMILES string of the molecule is c1ccc(-c2nc(-c3ccccc3)nc(-c3cccc(-n4c5ccccc5c5cc(-c6ccc7oc8ccc(-c9ccc%10c(c9)c9ccccc9n%10-c9ccccc9)cc8c7c6)ccc54)c3)n2)cc1. The minimum atomic E-state index is 0.620. The monoisotopic (exact) mass is 881 g/mol. The fourth-order valence-corrected chi connectivity index (χ4v) is 10.3. The van der Waals surface area contributed by atoms with Crippen LogP contribution in [0.4, 0.5) is 0 Å². The van der Waals surface area contributed by atoms with Crippen LogP contribution in [0.2, 0.25) is 0 Å². The van der Waals surface area contributed by atoms with E-state index in [0.29, 0.717) is 17.5 Å². The molecule has 0 aliphatic carbocycles. The molecule has 0 bridgehead atoms. The van der Waals surface area contributed by atoms with E-state index in [4.69, 9.17) is 19.4 Å². The zero-order chi connectivity index (χ0) is 45.4. The highest BCUT2D eigenvalue weighted by molar-refractivity contribution is 6.13. The smallest absolute Gasteiger partial charge is 0.164 e. The maximum atomic E-state index is 6.48. The number of rotatable bonds is 7. The highest BCUT2D eigenvalue weighted by atomic mass is 16.3. The molecule has 0 saturated heterocycles. The van der Waals surface area contributed by atoms with Crippen LogP contribution in [-0.2, 0) is 0 Å². The summed E-state index contributed by atoms with van der Waals surface area (Å²) in [6.45, 7) is 0. The highest BCUT2D eigenvalue weighted by Crippen LogP contribution is 2.40. The molecule has 0 atom stereocenters. The quantitative estimate of drug-likeness (QED) is 0.160. The second-order valence-electron chi connectivity index (χ2n) is 17.6. The fraction of sp³-hybridized carbons (Fsp3) is 0. The Kier molecular flexibility index (Phi) is 8.79. The van der Waals surface area contributed by atoms with Crippen LogP contribution in [-0.4, -0.2) is 24.1 Å². The molecule has 0 aliphatic heterocycles. The van der Waals surface area contributed by atoms with Gasteiger partial charge < -0.3 is 13.6 Å². The Hall–Kier alpha value is -9.39. The van der Waals surface area contributed by atoms with Gasteiger partial charge in [-0.3, -0.25) is 0 Å². The van der Waals surface area contributed by atoms with Gasteiger partial charge in [-0.05, 0) is 107 Å². The average molecular weight is 882 g/mol. The summed E-state index contributed by atoms with van der Waals surface area (Å²) in [5.41, 5.74) is 15.9. The molecule has 0 spiro atoms. The summed E-state index contributed by atoms with van der Waals surface area (Å²) in [6, 6.07) is 83.5. The summed E-state index contributed by atoms with van der Waals surface area (Å²) in [6.07, 6.45) is 0. The van der Waals surface area contributed by atoms with E-state index in [1.807, 2.05) is 60.7 Å². The zero-order valence-corrected chi connectivity index (χ0v) is 37.2. The van der Waals surface area contributed by atoms with Gasteiger partial charge in [-0.2, -0.15) is 0 Å². The van der Waals surface area contributed by atoms with E-state index in [1.54, 1.807) is 0 Å². The third-order valence-electron chi connectivity index (χ3n) is 13.6. The molecule has 0 fully saturated rings. The zero-order valence-electron chi connectivity index (χ0n) is 37.2. The molecule has 0 unspecified atom stereocenters. The van der Waals surface area contributed by atoms with Crippen molar-refractivity contribution in [3.05, 3.63) is 237 Å². The Morgan fingerprint density at radius 1 is 0.246 bits per heavy atom. The number of hydrogen-bond donors (Lipinski definition) is 0. The van der Waals surface area contributed by atoms with Crippen molar-refractivity contribution in [1.82, 2.24) is 24.1 Å². The number of para-hydroxylation sites is 3. The molecule has 322 valence electrons. The van der Waals surface area contributed by atoms with Crippen molar-refractivity contribution >= 4 is 65.6 Å². The Bertz CT molecular complexity index is 4240. The largest absolute Gasteiger partial charge is 0.456 e. The molecule has 4 aromatic heterocycles. The van der Waals surface area contributed by atoms with Crippen molar-refractivity contribution in [2.75, 3.05) is 0 Å². The topological polar surface area (TPSA) is 61.7 Å². The molecular formula is C63H39N5O. The third kappa shape index (κ3) is 6.45. The Balaban J connectivity index is 0.853. The molecule has 10 aromatic carbocycles. The maximum Gasteiger partial charge on any atom is 0.164 e. The van der Waals surface area contributed by atoms with E-state index in [1.165, 1.54) is 38.1 Å². The summed E-state index contributed by atoms with van der Waals surface area (Å²) in [5, 5.41) is 7.01. The van der Waals surface area contributed by atoms with Crippen LogP contribution in [0.1, 0.15) is 0 Å². The molecule has 0 N–H and O–H groups in total. The summed E-state index contributed by atoms with van der Waals surface area (Å²) in [7, 11) is 0. The molecule has 0 saturated carbocycles. The van der Waals surface area contributed by atoms with Crippen LogP contribution in [0, 0.1) is 0 Å². The second kappa shape index (κ2) is 15.6. The van der Waals surface area contributed by atoms with Crippen LogP contribution in [0.15, 0.2) is 241 Å². The summed E-state index contributed by atoms with van der Waals surface area (Å²) >= 11 is 0. The Labute approximate surface area is 396 Å². The van der Waals surface area contributed by atoms with E-state index in [9.17, 15) is 0 Å². The van der Waals surface area contributed by atoms with Crippen molar-refractivity contribution in [2.45, 2.75) is 0 Å². The van der Waals surface area contributed by atoms with Crippen molar-refractivity contribution in [3.63, 3.8) is 0 Å². The van der Waals surface area contributed by atoms with Crippen molar-refractivity contribution in [2.24, 2.45) is 0 Å². The lowest BCUT2D eigenvalue weighted by atomic mass is 9.98. The van der Waals surface area contributed by atoms with Crippen LogP contribution in [0.25, 0.3) is 133 Å². The first-order valence-electron chi connectivity index (χ1n) is 23.3. The first-order chi connectivity index (χ1) is 34.2. The highest BCUT2D eigenvalue weighted by Gasteiger charge is 2.19. The van der Waals surface area contributed by atoms with Gasteiger partial charge in [0.05, 0.1) is 22.1 Å². The van der Waals surface area contributed by atoms with Crippen LogP contribution >= 0.6 is 0 Å². The summed E-state index contributed by atoms with van der Waals surface area (Å²) in [5.74, 6) is 1.89. The van der Waals surface area contributed by atoms with Gasteiger partial charge in [-0.25, -0.2) is 15.0 Å². The van der Waals surface area contributed by atoms with Crippen molar-refractivity contribution in [1.29, 1.82) is 0 Å². The van der Waals surface area contributed by atoms with Gasteiger partial charge in [0.15, 0.2) is 17.5 Å². The van der Waals surface area contributed by atoms with Gasteiger partial charge >= 0.3 is 0 Å². The third-order valence-corrected chi connectivity index (χ3v) is 13.6. The first-order valence-corrected chi connectivity index (χ1v) is 23.3. The maximum absolute atomic E-state index is 6.48. The number of nitrogens with zero attached hydrogens (tertiary/aromatic N) is 5. The number of aromatic nitrogens is 5. The summed E-state index contributed by atoms with van der Waals surface area (Å²) < 4.78 is 11.2. The number of benzene rings is 10. The molecule has 0 aliphatic rings. The standard InChI is InChI=1S/C63H39N5O/c1-4-15-40(16-5-1)61-64-62(41-17-6-2-7-18-41)66-63(65-61)46-19-14-22-48(35-46)68-56-26-13-11-24-50(56)52-37-43(28-32-58(52)68)45-30-34-60-54(39-45)53-38-44(29-33-59(53)69-60)42-27-31-57-51(36-42)49-23-10-12-25-55(49)67(57)47-20-8-3-9-21-47/h1-39H. The molecule has 69 heavy (non-hydrogen) atoms. The Morgan fingerprint density at radius 2 is 0.623 bits per heavy atom. The molecular weight excluding hydrogens is 843 g/mol. The predicted molar refractivity (Wildman–Crippen MR) is 283 cm³/mol. The molecule has 14 aromatic rings. The van der Waals surface area contributed by atoms with Crippen molar-refractivity contribution in [3.8, 4) is 67.8 Å². The van der Waals surface area contributed by atoms with E-state index >= 15 is 0 Å². The molecule has 0 amide bonds. The van der Waals surface area contributed by atoms with Gasteiger partial charge in [-0.1, -0.05) is 152 Å². The van der Waals surface area contributed by atoms with Gasteiger partial charge in [0.2, 0.25) is 0 Å². The summed E-state index contributed by atoms with van der Waals surface area (Å²) in [4.78, 5) is 15.0. The van der Waals surface area contributed by atoms with E-state index in [2.05, 4.69) is 185 Å². The average Bonchev–Trinajstić information content (AvgIpc) is 4.08. The minimum absolute atomic E-state index is 0.620. The van der Waals surface area contributed by atoms with Gasteiger partial charge in [0.1, 0.15) is 11.2 Å². The number of furan rings is 1. The molecule has 6 heteroatoms. The molecule has 0 radical (unpaired) electrons. The Morgan fingerprint density at radius 3 is 1.14 bits per heavy atom. The van der Waals surface area contributed by atoms with E-state index in [-0.39, 0.29) is 0 Å². The van der Waals surface area contributed by atoms with Crippen LogP contribution < -0.4 is 0 Å². The van der Waals surface area contributed by atoms with Gasteiger partial charge in [0.25, 0.3) is 0 Å². The lowest BCUT2D eigenvalue weighted by molar-refractivity contribution is 0.669. The van der Waals surface area contributed by atoms with Gasteiger partial charge in [0, 0.05) is 60.4 Å². The van der Waals surface area contributed by atoms with Crippen molar-refractivity contribution < 1.29 is 4.42 Å². The van der Waals surface area contributed by atoms with E-state index in [0.717, 1.165) is 77.7 Å². The molecule has 4 heterocycles. The molecule has 6 nitrogen and oxygen atoms in total. The second-order valence-corrected chi connectivity index (χ2v) is 17.6. The van der Waals surface area contributed by atoms with E-state index < -0.39 is 0 Å². The number of hydrogen-bond acceptors (Lipinski definition) is 4. The predicted octanol–water partition coefficient (Wildman–Crippen LogP) is 16.3. The normalized spacial score (nSPS) is 11.8. The molecule has 14 rings (SSSR count). The minimum Gasteiger partial charge on any atom is -0.456 e.